The van der Waals surface area contributed by atoms with E-state index in [-0.39, 0.29) is 11.5 Å². The van der Waals surface area contributed by atoms with Crippen molar-refractivity contribution in [3.05, 3.63) is 31.0 Å². The average molecular weight is 196 g/mol. The summed E-state index contributed by atoms with van der Waals surface area (Å²) in [5, 5.41) is 18.4. The molecule has 0 fully saturated rings. The zero-order valence-corrected chi connectivity index (χ0v) is 7.80. The molecule has 0 saturated carbocycles. The van der Waals surface area contributed by atoms with Crippen molar-refractivity contribution in [1.82, 2.24) is 0 Å². The molecule has 14 heavy (non-hydrogen) atoms. The van der Waals surface area contributed by atoms with Crippen molar-refractivity contribution >= 4 is 0 Å². The van der Waals surface area contributed by atoms with Crippen molar-refractivity contribution in [2.75, 3.05) is 0 Å². The van der Waals surface area contributed by atoms with Crippen LogP contribution in [-0.4, -0.2) is 16.5 Å². The van der Waals surface area contributed by atoms with Crippen LogP contribution in [0, 0.1) is 0 Å². The fourth-order valence-electron chi connectivity index (χ4n) is 0.976. The van der Waals surface area contributed by atoms with Gasteiger partial charge in [-0.15, -0.1) is 0 Å². The molecule has 0 aliphatic rings. The summed E-state index contributed by atoms with van der Waals surface area (Å²) in [4.78, 5) is 0. The first-order valence-corrected chi connectivity index (χ1v) is 4.09. The average Bonchev–Trinajstić information content (AvgIpc) is 2.11. The quantitative estimate of drug-likeness (QED) is 0.567. The number of phenols is 1. The predicted octanol–water partition coefficient (Wildman–Crippen LogP) is 1.63. The Morgan fingerprint density at radius 2 is 2.21 bits per heavy atom. The molecule has 0 bridgehead atoms. The third kappa shape index (κ3) is 2.40. The minimum absolute atomic E-state index is 0.0924. The standard InChI is InChI=1S/C10H12O4/c1-3-13-9-6-4-5-8(12)10(9)14-7(2)11/h3-7,11-12H,1H2,2H3. The molecule has 2 N–H and O–H groups in total. The van der Waals surface area contributed by atoms with Crippen LogP contribution in [0.25, 0.3) is 0 Å². The summed E-state index contributed by atoms with van der Waals surface area (Å²) < 4.78 is 9.95. The molecule has 0 aromatic heterocycles. The number of hydrogen-bond acceptors (Lipinski definition) is 4. The van der Waals surface area contributed by atoms with Crippen molar-refractivity contribution in [2.45, 2.75) is 13.2 Å². The van der Waals surface area contributed by atoms with E-state index < -0.39 is 6.29 Å². The molecule has 1 rings (SSSR count). The normalized spacial score (nSPS) is 11.9. The number of phenolic OH excluding ortho intramolecular Hbond substituents is 1. The smallest absolute Gasteiger partial charge is 0.206 e. The van der Waals surface area contributed by atoms with Crippen LogP contribution in [0.4, 0.5) is 0 Å². The Labute approximate surface area is 82.0 Å². The molecule has 1 aromatic rings. The number of benzene rings is 1. The Morgan fingerprint density at radius 1 is 1.50 bits per heavy atom. The van der Waals surface area contributed by atoms with Gasteiger partial charge in [0.1, 0.15) is 0 Å². The third-order valence-corrected chi connectivity index (χ3v) is 1.46. The van der Waals surface area contributed by atoms with E-state index >= 15 is 0 Å². The van der Waals surface area contributed by atoms with Crippen LogP contribution in [0.1, 0.15) is 6.92 Å². The fraction of sp³-hybridized carbons (Fsp3) is 0.200. The second-order valence-electron chi connectivity index (χ2n) is 2.61. The highest BCUT2D eigenvalue weighted by Crippen LogP contribution is 2.36. The van der Waals surface area contributed by atoms with Gasteiger partial charge in [-0.3, -0.25) is 0 Å². The van der Waals surface area contributed by atoms with Gasteiger partial charge in [0.2, 0.25) is 5.75 Å². The maximum Gasteiger partial charge on any atom is 0.206 e. The number of aliphatic hydroxyl groups excluding tert-OH is 1. The lowest BCUT2D eigenvalue weighted by atomic mass is 10.3. The molecule has 76 valence electrons. The second kappa shape index (κ2) is 4.53. The van der Waals surface area contributed by atoms with E-state index in [1.807, 2.05) is 0 Å². The molecule has 0 radical (unpaired) electrons. The number of para-hydroxylation sites is 1. The van der Waals surface area contributed by atoms with Crippen LogP contribution in [-0.2, 0) is 0 Å². The molecule has 0 amide bonds. The number of hydrogen-bond donors (Lipinski definition) is 2. The van der Waals surface area contributed by atoms with Gasteiger partial charge in [0, 0.05) is 0 Å². The summed E-state index contributed by atoms with van der Waals surface area (Å²) in [5.41, 5.74) is 0. The fourth-order valence-corrected chi connectivity index (χ4v) is 0.976. The first-order chi connectivity index (χ1) is 6.65. The van der Waals surface area contributed by atoms with Gasteiger partial charge in [0.25, 0.3) is 0 Å². The van der Waals surface area contributed by atoms with Crippen molar-refractivity contribution in [2.24, 2.45) is 0 Å². The van der Waals surface area contributed by atoms with E-state index in [2.05, 4.69) is 6.58 Å². The molecule has 1 unspecified atom stereocenters. The van der Waals surface area contributed by atoms with Gasteiger partial charge in [-0.2, -0.15) is 0 Å². The summed E-state index contributed by atoms with van der Waals surface area (Å²) in [6.45, 7) is 4.82. The topological polar surface area (TPSA) is 58.9 Å². The summed E-state index contributed by atoms with van der Waals surface area (Å²) in [5.74, 6) is 0.313. The minimum atomic E-state index is -1.02. The molecule has 4 heteroatoms. The van der Waals surface area contributed by atoms with Crippen molar-refractivity contribution < 1.29 is 19.7 Å². The number of aliphatic hydroxyl groups is 1. The van der Waals surface area contributed by atoms with Gasteiger partial charge in [0.05, 0.1) is 6.26 Å². The maximum atomic E-state index is 9.42. The lowest BCUT2D eigenvalue weighted by Gasteiger charge is -2.13. The lowest BCUT2D eigenvalue weighted by molar-refractivity contribution is -0.00360. The van der Waals surface area contributed by atoms with Gasteiger partial charge in [-0.05, 0) is 19.1 Å². The van der Waals surface area contributed by atoms with Crippen LogP contribution in [0.15, 0.2) is 31.0 Å². The minimum Gasteiger partial charge on any atom is -0.504 e. The molecule has 0 spiro atoms. The highest BCUT2D eigenvalue weighted by Gasteiger charge is 2.11. The van der Waals surface area contributed by atoms with E-state index in [1.165, 1.54) is 19.3 Å². The monoisotopic (exact) mass is 196 g/mol. The van der Waals surface area contributed by atoms with E-state index in [0.717, 1.165) is 0 Å². The van der Waals surface area contributed by atoms with Crippen LogP contribution < -0.4 is 9.47 Å². The summed E-state index contributed by atoms with van der Waals surface area (Å²) in [6.07, 6.45) is 0.194. The lowest BCUT2D eigenvalue weighted by Crippen LogP contribution is -2.10. The zero-order valence-electron chi connectivity index (χ0n) is 7.80. The van der Waals surface area contributed by atoms with Gasteiger partial charge >= 0.3 is 0 Å². The molecule has 1 aromatic carbocycles. The van der Waals surface area contributed by atoms with Crippen LogP contribution >= 0.6 is 0 Å². The highest BCUT2D eigenvalue weighted by molar-refractivity contribution is 5.50. The highest BCUT2D eigenvalue weighted by atomic mass is 16.6. The zero-order chi connectivity index (χ0) is 10.6. The second-order valence-corrected chi connectivity index (χ2v) is 2.61. The Bertz CT molecular complexity index is 320. The van der Waals surface area contributed by atoms with E-state index in [9.17, 15) is 5.11 Å². The summed E-state index contributed by atoms with van der Waals surface area (Å²) in [6, 6.07) is 4.63. The molecular weight excluding hydrogens is 184 g/mol. The first-order valence-electron chi connectivity index (χ1n) is 4.09. The molecule has 4 nitrogen and oxygen atoms in total. The number of aromatic hydroxyl groups is 1. The molecular formula is C10H12O4. The Hall–Kier alpha value is -1.68. The predicted molar refractivity (Wildman–Crippen MR) is 51.2 cm³/mol. The summed E-state index contributed by atoms with van der Waals surface area (Å²) in [7, 11) is 0. The van der Waals surface area contributed by atoms with Crippen molar-refractivity contribution in [3.8, 4) is 17.2 Å². The molecule has 0 aliphatic heterocycles. The molecule has 1 atom stereocenters. The number of ether oxygens (including phenoxy) is 2. The van der Waals surface area contributed by atoms with Gasteiger partial charge in [0.15, 0.2) is 17.8 Å². The van der Waals surface area contributed by atoms with Gasteiger partial charge < -0.3 is 19.7 Å². The van der Waals surface area contributed by atoms with Gasteiger partial charge in [-0.25, -0.2) is 0 Å². The number of rotatable bonds is 4. The first kappa shape index (κ1) is 10.4. The van der Waals surface area contributed by atoms with E-state index in [4.69, 9.17) is 14.6 Å². The van der Waals surface area contributed by atoms with Crippen LogP contribution in [0.2, 0.25) is 0 Å². The Morgan fingerprint density at radius 3 is 2.79 bits per heavy atom. The molecule has 0 aliphatic carbocycles. The van der Waals surface area contributed by atoms with Crippen LogP contribution in [0.5, 0.6) is 17.2 Å². The molecule has 0 saturated heterocycles. The SMILES string of the molecule is C=COc1cccc(O)c1OC(C)O. The van der Waals surface area contributed by atoms with E-state index in [1.54, 1.807) is 12.1 Å². The summed E-state index contributed by atoms with van der Waals surface area (Å²) >= 11 is 0. The van der Waals surface area contributed by atoms with E-state index in [0.29, 0.717) is 5.75 Å². The van der Waals surface area contributed by atoms with Crippen molar-refractivity contribution in [1.29, 1.82) is 0 Å². The maximum absolute atomic E-state index is 9.42. The largest absolute Gasteiger partial charge is 0.504 e. The Balaban J connectivity index is 3.01. The third-order valence-electron chi connectivity index (χ3n) is 1.46. The molecule has 0 heterocycles. The van der Waals surface area contributed by atoms with Crippen molar-refractivity contribution in [3.63, 3.8) is 0 Å². The van der Waals surface area contributed by atoms with Gasteiger partial charge in [-0.1, -0.05) is 12.6 Å². The Kier molecular flexibility index (Phi) is 3.36. The van der Waals surface area contributed by atoms with Crippen LogP contribution in [0.3, 0.4) is 0 Å².